The molecule has 5 heteroatoms. The number of nitrogens with zero attached hydrogens (tertiary/aromatic N) is 2. The minimum absolute atomic E-state index is 0.0620. The van der Waals surface area contributed by atoms with Gasteiger partial charge >= 0.3 is 0 Å². The maximum atomic E-state index is 12.5. The summed E-state index contributed by atoms with van der Waals surface area (Å²) in [5.41, 5.74) is 2.89. The fraction of sp³-hybridized carbons (Fsp3) is 0.333. The number of imidazole rings is 1. The number of carbonyl (C=O) groups excluding carboxylic acids is 1. The largest absolute Gasteiger partial charge is 0.356 e. The first-order valence-corrected chi connectivity index (χ1v) is 9.51. The van der Waals surface area contributed by atoms with Crippen LogP contribution in [0, 0.1) is 0 Å². The van der Waals surface area contributed by atoms with Gasteiger partial charge in [0.05, 0.1) is 10.7 Å². The highest BCUT2D eigenvalue weighted by atomic mass is 35.5. The number of hydrogen-bond acceptors (Lipinski definition) is 2. The lowest BCUT2D eigenvalue weighted by molar-refractivity contribution is -0.121. The van der Waals surface area contributed by atoms with E-state index in [9.17, 15) is 4.79 Å². The Morgan fingerprint density at radius 3 is 2.77 bits per heavy atom. The minimum atomic E-state index is -0.0733. The predicted octanol–water partition coefficient (Wildman–Crippen LogP) is 4.82. The van der Waals surface area contributed by atoms with Crippen LogP contribution < -0.4 is 5.32 Å². The number of halogens is 1. The van der Waals surface area contributed by atoms with Crippen molar-refractivity contribution in [3.8, 4) is 0 Å². The molecule has 136 valence electrons. The van der Waals surface area contributed by atoms with Gasteiger partial charge in [0, 0.05) is 31.3 Å². The molecule has 1 amide bonds. The van der Waals surface area contributed by atoms with Crippen molar-refractivity contribution in [3.63, 3.8) is 0 Å². The Morgan fingerprint density at radius 2 is 2.00 bits per heavy atom. The van der Waals surface area contributed by atoms with Gasteiger partial charge in [-0.05, 0) is 24.1 Å². The molecule has 1 aromatic carbocycles. The van der Waals surface area contributed by atoms with Crippen molar-refractivity contribution >= 4 is 23.2 Å². The molecule has 0 saturated heterocycles. The third-order valence-electron chi connectivity index (χ3n) is 4.55. The summed E-state index contributed by atoms with van der Waals surface area (Å²) >= 11 is 6.17. The van der Waals surface area contributed by atoms with E-state index in [0.29, 0.717) is 11.4 Å². The van der Waals surface area contributed by atoms with Crippen molar-refractivity contribution in [1.29, 1.82) is 0 Å². The van der Waals surface area contributed by atoms with Crippen LogP contribution in [0.4, 0.5) is 0 Å². The lowest BCUT2D eigenvalue weighted by Gasteiger charge is -2.17. The fourth-order valence-corrected chi connectivity index (χ4v) is 3.33. The van der Waals surface area contributed by atoms with E-state index in [1.54, 1.807) is 0 Å². The summed E-state index contributed by atoms with van der Waals surface area (Å²) < 4.78 is 1.98. The number of aromatic nitrogens is 2. The van der Waals surface area contributed by atoms with Gasteiger partial charge in [-0.15, -0.1) is 0 Å². The van der Waals surface area contributed by atoms with Gasteiger partial charge in [0.1, 0.15) is 5.65 Å². The molecule has 2 aromatic heterocycles. The summed E-state index contributed by atoms with van der Waals surface area (Å²) in [7, 11) is 0. The average Bonchev–Trinajstić information content (AvgIpc) is 3.07. The van der Waals surface area contributed by atoms with Crippen LogP contribution in [-0.4, -0.2) is 21.8 Å². The van der Waals surface area contributed by atoms with Crippen LogP contribution in [0.1, 0.15) is 49.8 Å². The van der Waals surface area contributed by atoms with Crippen molar-refractivity contribution in [1.82, 2.24) is 14.7 Å². The van der Waals surface area contributed by atoms with Crippen LogP contribution in [0.5, 0.6) is 0 Å². The van der Waals surface area contributed by atoms with Crippen molar-refractivity contribution in [2.24, 2.45) is 0 Å². The van der Waals surface area contributed by atoms with Crippen molar-refractivity contribution < 1.29 is 4.79 Å². The third kappa shape index (κ3) is 4.44. The predicted molar refractivity (Wildman–Crippen MR) is 106 cm³/mol. The molecule has 1 unspecified atom stereocenters. The number of fused-ring (bicyclic) bond motifs is 1. The van der Waals surface area contributed by atoms with Gasteiger partial charge in [-0.25, -0.2) is 4.98 Å². The first-order chi connectivity index (χ1) is 12.7. The third-order valence-corrected chi connectivity index (χ3v) is 4.77. The molecule has 0 fully saturated rings. The normalized spacial score (nSPS) is 12.2. The molecule has 1 atom stereocenters. The Labute approximate surface area is 159 Å². The molecule has 2 heterocycles. The highest BCUT2D eigenvalue weighted by Gasteiger charge is 2.21. The van der Waals surface area contributed by atoms with Crippen molar-refractivity contribution in [3.05, 3.63) is 71.1 Å². The lowest BCUT2D eigenvalue weighted by atomic mass is 9.92. The molecule has 0 spiro atoms. The summed E-state index contributed by atoms with van der Waals surface area (Å²) in [5.74, 6) is -0.0113. The van der Waals surface area contributed by atoms with Crippen molar-refractivity contribution in [2.75, 3.05) is 6.54 Å². The van der Waals surface area contributed by atoms with Crippen LogP contribution in [0.15, 0.2) is 54.9 Å². The quantitative estimate of drug-likeness (QED) is 0.579. The Kier molecular flexibility index (Phi) is 6.29. The molecule has 0 bridgehead atoms. The SMILES string of the molecule is CCCCCNC(=O)CC(c1ccccc1)c1cnc2ccc(Cl)cn12. The summed E-state index contributed by atoms with van der Waals surface area (Å²) in [5, 5.41) is 3.69. The van der Waals surface area contributed by atoms with E-state index in [4.69, 9.17) is 11.6 Å². The van der Waals surface area contributed by atoms with Crippen LogP contribution in [-0.2, 0) is 4.79 Å². The van der Waals surface area contributed by atoms with Gasteiger partial charge in [0.15, 0.2) is 0 Å². The van der Waals surface area contributed by atoms with E-state index < -0.39 is 0 Å². The Morgan fingerprint density at radius 1 is 1.19 bits per heavy atom. The molecule has 0 saturated carbocycles. The van der Waals surface area contributed by atoms with Crippen LogP contribution in [0.3, 0.4) is 0 Å². The van der Waals surface area contributed by atoms with E-state index >= 15 is 0 Å². The second kappa shape index (κ2) is 8.86. The molecular weight excluding hydrogens is 346 g/mol. The van der Waals surface area contributed by atoms with Gasteiger partial charge in [-0.3, -0.25) is 4.79 Å². The lowest BCUT2D eigenvalue weighted by Crippen LogP contribution is -2.26. The number of amides is 1. The number of benzene rings is 1. The number of nitrogens with one attached hydrogen (secondary N) is 1. The molecule has 26 heavy (non-hydrogen) atoms. The zero-order valence-corrected chi connectivity index (χ0v) is 15.7. The second-order valence-electron chi connectivity index (χ2n) is 6.48. The monoisotopic (exact) mass is 369 g/mol. The van der Waals surface area contributed by atoms with Gasteiger partial charge in [0.2, 0.25) is 5.91 Å². The number of unbranched alkanes of at least 4 members (excludes halogenated alkanes) is 2. The molecule has 0 radical (unpaired) electrons. The Balaban J connectivity index is 1.86. The van der Waals surface area contributed by atoms with Gasteiger partial charge in [-0.1, -0.05) is 61.7 Å². The topological polar surface area (TPSA) is 46.4 Å². The molecule has 0 aliphatic carbocycles. The molecule has 3 rings (SSSR count). The van der Waals surface area contributed by atoms with E-state index in [1.807, 2.05) is 47.1 Å². The van der Waals surface area contributed by atoms with Gasteiger partial charge in [-0.2, -0.15) is 0 Å². The smallest absolute Gasteiger partial charge is 0.221 e. The standard InChI is InChI=1S/C21H24ClN3O/c1-2-3-7-12-23-21(26)13-18(16-8-5-4-6-9-16)19-14-24-20-11-10-17(22)15-25(19)20/h4-6,8-11,14-15,18H,2-3,7,12-13H2,1H3,(H,23,26). The molecule has 0 aliphatic heterocycles. The van der Waals surface area contributed by atoms with Gasteiger partial charge in [0.25, 0.3) is 0 Å². The minimum Gasteiger partial charge on any atom is -0.356 e. The van der Waals surface area contributed by atoms with Gasteiger partial charge < -0.3 is 9.72 Å². The van der Waals surface area contributed by atoms with Crippen molar-refractivity contribution in [2.45, 2.75) is 38.5 Å². The summed E-state index contributed by atoms with van der Waals surface area (Å²) in [6, 6.07) is 13.8. The maximum Gasteiger partial charge on any atom is 0.221 e. The number of hydrogen-bond donors (Lipinski definition) is 1. The molecule has 3 aromatic rings. The molecule has 0 aliphatic rings. The zero-order valence-electron chi connectivity index (χ0n) is 15.0. The first kappa shape index (κ1) is 18.5. The van der Waals surface area contributed by atoms with E-state index in [-0.39, 0.29) is 11.8 Å². The molecule has 4 nitrogen and oxygen atoms in total. The van der Waals surface area contributed by atoms with Crippen LogP contribution in [0.2, 0.25) is 5.02 Å². The molecular formula is C21H24ClN3O. The summed E-state index contributed by atoms with van der Waals surface area (Å²) in [6.45, 7) is 2.89. The summed E-state index contributed by atoms with van der Waals surface area (Å²) in [6.07, 6.45) is 7.38. The number of carbonyl (C=O) groups is 1. The first-order valence-electron chi connectivity index (χ1n) is 9.13. The van der Waals surface area contributed by atoms with E-state index in [1.165, 1.54) is 0 Å². The second-order valence-corrected chi connectivity index (χ2v) is 6.92. The fourth-order valence-electron chi connectivity index (χ4n) is 3.17. The maximum absolute atomic E-state index is 12.5. The number of pyridine rings is 1. The highest BCUT2D eigenvalue weighted by molar-refractivity contribution is 6.30. The Hall–Kier alpha value is -2.33. The zero-order chi connectivity index (χ0) is 18.4. The molecule has 1 N–H and O–H groups in total. The van der Waals surface area contributed by atoms with Crippen LogP contribution >= 0.6 is 11.6 Å². The van der Waals surface area contributed by atoms with E-state index in [2.05, 4.69) is 29.4 Å². The summed E-state index contributed by atoms with van der Waals surface area (Å²) in [4.78, 5) is 17.0. The Bertz CT molecular complexity index is 860. The average molecular weight is 370 g/mol. The number of rotatable bonds is 8. The van der Waals surface area contributed by atoms with Crippen LogP contribution in [0.25, 0.3) is 5.65 Å². The van der Waals surface area contributed by atoms with E-state index in [0.717, 1.165) is 42.7 Å². The highest BCUT2D eigenvalue weighted by Crippen LogP contribution is 2.29.